The molecule has 0 aliphatic heterocycles. The molecule has 0 aliphatic carbocycles. The van der Waals surface area contributed by atoms with Crippen molar-refractivity contribution in [3.8, 4) is 0 Å². The van der Waals surface area contributed by atoms with E-state index in [1.165, 1.54) is 6.07 Å². The zero-order valence-electron chi connectivity index (χ0n) is 6.57. The monoisotopic (exact) mass is 282 g/mol. The average Bonchev–Trinajstić information content (AvgIpc) is 2.49. The molecule has 13 heavy (non-hydrogen) atoms. The van der Waals surface area contributed by atoms with Crippen LogP contribution in [0.25, 0.3) is 0 Å². The minimum absolute atomic E-state index is 0.0534. The van der Waals surface area contributed by atoms with E-state index < -0.39 is 9.84 Å². The fraction of sp³-hybridized carbons (Fsp3) is 0.286. The van der Waals surface area contributed by atoms with E-state index in [0.29, 0.717) is 10.5 Å². The van der Waals surface area contributed by atoms with Crippen molar-refractivity contribution in [3.05, 3.63) is 15.9 Å². The highest BCUT2D eigenvalue weighted by Gasteiger charge is 2.15. The molecular formula is C7H7BrO3S2. The lowest BCUT2D eigenvalue weighted by molar-refractivity contribution is -0.107. The molecular weight excluding hydrogens is 276 g/mol. The number of thiophene rings is 1. The molecule has 0 fully saturated rings. The summed E-state index contributed by atoms with van der Waals surface area (Å²) in [6, 6.07) is 3.22. The third kappa shape index (κ3) is 2.89. The van der Waals surface area contributed by atoms with Crippen LogP contribution in [0.4, 0.5) is 0 Å². The minimum Gasteiger partial charge on any atom is -0.303 e. The van der Waals surface area contributed by atoms with Crippen LogP contribution in [0.2, 0.25) is 0 Å². The summed E-state index contributed by atoms with van der Waals surface area (Å²) >= 11 is 4.34. The Kier molecular flexibility index (Phi) is 3.63. The summed E-state index contributed by atoms with van der Waals surface area (Å²) in [6.45, 7) is 0. The Bertz CT molecular complexity index is 394. The molecule has 1 aromatic heterocycles. The Morgan fingerprint density at radius 3 is 2.62 bits per heavy atom. The van der Waals surface area contributed by atoms with Crippen molar-refractivity contribution < 1.29 is 13.2 Å². The maximum absolute atomic E-state index is 11.4. The first-order valence-electron chi connectivity index (χ1n) is 3.48. The van der Waals surface area contributed by atoms with E-state index in [0.717, 1.165) is 15.1 Å². The molecule has 0 atom stereocenters. The van der Waals surface area contributed by atoms with Crippen LogP contribution in [0.5, 0.6) is 0 Å². The minimum atomic E-state index is -3.24. The van der Waals surface area contributed by atoms with Gasteiger partial charge in [0.15, 0.2) is 9.84 Å². The van der Waals surface area contributed by atoms with Crippen LogP contribution in [0, 0.1) is 0 Å². The fourth-order valence-corrected chi connectivity index (χ4v) is 4.12. The van der Waals surface area contributed by atoms with Crippen LogP contribution in [0.1, 0.15) is 6.42 Å². The van der Waals surface area contributed by atoms with Gasteiger partial charge in [-0.05, 0) is 28.1 Å². The molecule has 1 heterocycles. The van der Waals surface area contributed by atoms with Gasteiger partial charge in [-0.25, -0.2) is 8.42 Å². The third-order valence-corrected chi connectivity index (χ3v) is 5.31. The molecule has 0 aromatic carbocycles. The second-order valence-corrected chi connectivity index (χ2v) is 7.13. The number of sulfone groups is 1. The van der Waals surface area contributed by atoms with Crippen molar-refractivity contribution in [2.45, 2.75) is 10.6 Å². The van der Waals surface area contributed by atoms with Crippen LogP contribution in [0.15, 0.2) is 20.1 Å². The first-order valence-corrected chi connectivity index (χ1v) is 6.74. The van der Waals surface area contributed by atoms with E-state index >= 15 is 0 Å². The summed E-state index contributed by atoms with van der Waals surface area (Å²) in [5, 5.41) is 0. The maximum Gasteiger partial charge on any atom is 0.188 e. The van der Waals surface area contributed by atoms with E-state index in [2.05, 4.69) is 15.9 Å². The van der Waals surface area contributed by atoms with Crippen LogP contribution < -0.4 is 0 Å². The molecule has 3 nitrogen and oxygen atoms in total. The Balaban J connectivity index is 2.87. The van der Waals surface area contributed by atoms with E-state index in [9.17, 15) is 13.2 Å². The number of aldehydes is 1. The van der Waals surface area contributed by atoms with Gasteiger partial charge in [-0.1, -0.05) is 0 Å². The highest BCUT2D eigenvalue weighted by atomic mass is 79.9. The molecule has 0 radical (unpaired) electrons. The van der Waals surface area contributed by atoms with Gasteiger partial charge in [-0.15, -0.1) is 11.3 Å². The smallest absolute Gasteiger partial charge is 0.188 e. The Hall–Kier alpha value is -0.200. The first kappa shape index (κ1) is 10.9. The van der Waals surface area contributed by atoms with Crippen LogP contribution in [-0.2, 0) is 14.6 Å². The van der Waals surface area contributed by atoms with E-state index in [4.69, 9.17) is 0 Å². The molecule has 0 amide bonds. The van der Waals surface area contributed by atoms with Gasteiger partial charge in [0, 0.05) is 6.42 Å². The predicted molar refractivity (Wildman–Crippen MR) is 54.8 cm³/mol. The lowest BCUT2D eigenvalue weighted by Gasteiger charge is -1.95. The van der Waals surface area contributed by atoms with Crippen molar-refractivity contribution >= 4 is 43.4 Å². The molecule has 6 heteroatoms. The van der Waals surface area contributed by atoms with Gasteiger partial charge in [-0.3, -0.25) is 0 Å². The molecule has 0 unspecified atom stereocenters. The quantitative estimate of drug-likeness (QED) is 0.793. The van der Waals surface area contributed by atoms with Gasteiger partial charge in [0.2, 0.25) is 0 Å². The summed E-state index contributed by atoms with van der Waals surface area (Å²) in [7, 11) is -3.24. The van der Waals surface area contributed by atoms with E-state index in [1.807, 2.05) is 0 Å². The second-order valence-electron chi connectivity index (χ2n) is 2.33. The van der Waals surface area contributed by atoms with Crippen molar-refractivity contribution in [1.82, 2.24) is 0 Å². The maximum atomic E-state index is 11.4. The molecule has 0 aliphatic rings. The van der Waals surface area contributed by atoms with Crippen LogP contribution in [-0.4, -0.2) is 20.5 Å². The Morgan fingerprint density at radius 1 is 1.46 bits per heavy atom. The van der Waals surface area contributed by atoms with Crippen molar-refractivity contribution in [1.29, 1.82) is 0 Å². The van der Waals surface area contributed by atoms with Gasteiger partial charge >= 0.3 is 0 Å². The summed E-state index contributed by atoms with van der Waals surface area (Å²) in [6.07, 6.45) is 0.665. The Morgan fingerprint density at radius 2 is 2.15 bits per heavy atom. The highest BCUT2D eigenvalue weighted by Crippen LogP contribution is 2.26. The molecule has 0 bridgehead atoms. The zero-order chi connectivity index (χ0) is 9.90. The number of hydrogen-bond acceptors (Lipinski definition) is 4. The number of rotatable bonds is 4. The average molecular weight is 283 g/mol. The van der Waals surface area contributed by atoms with Crippen molar-refractivity contribution in [2.24, 2.45) is 0 Å². The van der Waals surface area contributed by atoms with Gasteiger partial charge in [0.25, 0.3) is 0 Å². The molecule has 0 saturated heterocycles. The van der Waals surface area contributed by atoms with Gasteiger partial charge in [0.05, 0.1) is 9.54 Å². The summed E-state index contributed by atoms with van der Waals surface area (Å²) in [4.78, 5) is 10.0. The topological polar surface area (TPSA) is 51.2 Å². The van der Waals surface area contributed by atoms with Crippen LogP contribution in [0.3, 0.4) is 0 Å². The van der Waals surface area contributed by atoms with E-state index in [1.54, 1.807) is 6.07 Å². The first-order chi connectivity index (χ1) is 6.06. The zero-order valence-corrected chi connectivity index (χ0v) is 9.78. The summed E-state index contributed by atoms with van der Waals surface area (Å²) in [5.74, 6) is -0.108. The Labute approximate surface area is 88.8 Å². The highest BCUT2D eigenvalue weighted by molar-refractivity contribution is 9.11. The largest absolute Gasteiger partial charge is 0.303 e. The van der Waals surface area contributed by atoms with E-state index in [-0.39, 0.29) is 12.2 Å². The van der Waals surface area contributed by atoms with Crippen LogP contribution >= 0.6 is 27.3 Å². The normalized spacial score (nSPS) is 11.5. The molecule has 0 N–H and O–H groups in total. The standard InChI is InChI=1S/C7H7BrO3S2/c8-6-2-3-7(12-6)13(10,11)5-1-4-9/h2-4H,1,5H2. The van der Waals surface area contributed by atoms with Crippen molar-refractivity contribution in [2.75, 3.05) is 5.75 Å². The summed E-state index contributed by atoms with van der Waals surface area (Å²) in [5.41, 5.74) is 0. The predicted octanol–water partition coefficient (Wildman–Crippen LogP) is 1.87. The molecule has 0 spiro atoms. The molecule has 0 saturated carbocycles. The van der Waals surface area contributed by atoms with Gasteiger partial charge in [0.1, 0.15) is 10.5 Å². The lowest BCUT2D eigenvalue weighted by Crippen LogP contribution is -2.04. The molecule has 72 valence electrons. The molecule has 1 rings (SSSR count). The second kappa shape index (κ2) is 4.34. The number of hydrogen-bond donors (Lipinski definition) is 0. The number of carbonyl (C=O) groups excluding carboxylic acids is 1. The number of halogens is 1. The number of carbonyl (C=O) groups is 1. The third-order valence-electron chi connectivity index (χ3n) is 1.36. The fourth-order valence-electron chi connectivity index (χ4n) is 0.769. The molecule has 1 aromatic rings. The summed E-state index contributed by atoms with van der Waals surface area (Å²) < 4.78 is 24.0. The van der Waals surface area contributed by atoms with Gasteiger partial charge in [-0.2, -0.15) is 0 Å². The van der Waals surface area contributed by atoms with Gasteiger partial charge < -0.3 is 4.79 Å². The van der Waals surface area contributed by atoms with Crippen molar-refractivity contribution in [3.63, 3.8) is 0 Å². The SMILES string of the molecule is O=CCCS(=O)(=O)c1ccc(Br)s1. The lowest BCUT2D eigenvalue weighted by atomic mass is 10.6.